The number of aryl methyl sites for hydroxylation is 1. The molecular formula is C10H15N3. The zero-order chi connectivity index (χ0) is 9.68. The number of anilines is 1. The molecule has 0 spiro atoms. The molecule has 0 bridgehead atoms. The third kappa shape index (κ3) is 3.23. The molecule has 0 unspecified atom stereocenters. The Morgan fingerprint density at radius 3 is 2.92 bits per heavy atom. The highest BCUT2D eigenvalue weighted by molar-refractivity contribution is 5.35. The lowest BCUT2D eigenvalue weighted by molar-refractivity contribution is 1.02. The van der Waals surface area contributed by atoms with Gasteiger partial charge in [0, 0.05) is 18.3 Å². The Morgan fingerprint density at radius 2 is 2.31 bits per heavy atom. The molecular weight excluding hydrogens is 162 g/mol. The van der Waals surface area contributed by atoms with Gasteiger partial charge in [0.05, 0.1) is 0 Å². The van der Waals surface area contributed by atoms with E-state index in [4.69, 9.17) is 0 Å². The number of rotatable bonds is 4. The van der Waals surface area contributed by atoms with Gasteiger partial charge < -0.3 is 5.32 Å². The number of nitrogens with zero attached hydrogens (tertiary/aromatic N) is 2. The van der Waals surface area contributed by atoms with Crippen molar-refractivity contribution >= 4 is 5.82 Å². The molecule has 3 nitrogen and oxygen atoms in total. The number of nitrogens with one attached hydrogen (secondary N) is 1. The summed E-state index contributed by atoms with van der Waals surface area (Å²) in [5.41, 5.74) is 2.15. The van der Waals surface area contributed by atoms with Crippen LogP contribution in [0.5, 0.6) is 0 Å². The van der Waals surface area contributed by atoms with Crippen molar-refractivity contribution in [3.63, 3.8) is 0 Å². The van der Waals surface area contributed by atoms with E-state index < -0.39 is 0 Å². The highest BCUT2D eigenvalue weighted by Crippen LogP contribution is 2.04. The van der Waals surface area contributed by atoms with Gasteiger partial charge in [-0.25, -0.2) is 9.97 Å². The predicted octanol–water partition coefficient (Wildman–Crippen LogP) is 2.16. The van der Waals surface area contributed by atoms with E-state index in [1.54, 1.807) is 6.33 Å². The van der Waals surface area contributed by atoms with Crippen LogP contribution in [0.15, 0.2) is 24.5 Å². The third-order valence-corrected chi connectivity index (χ3v) is 1.82. The molecule has 13 heavy (non-hydrogen) atoms. The van der Waals surface area contributed by atoms with Crippen LogP contribution in [0.1, 0.15) is 19.0 Å². The average molecular weight is 177 g/mol. The lowest BCUT2D eigenvalue weighted by Crippen LogP contribution is -2.05. The van der Waals surface area contributed by atoms with Gasteiger partial charge in [0.25, 0.3) is 0 Å². The first kappa shape index (κ1) is 9.71. The minimum Gasteiger partial charge on any atom is -0.366 e. The van der Waals surface area contributed by atoms with Gasteiger partial charge in [-0.05, 0) is 13.3 Å². The molecule has 0 aliphatic heterocycles. The van der Waals surface area contributed by atoms with E-state index in [2.05, 4.69) is 28.8 Å². The van der Waals surface area contributed by atoms with Crippen LogP contribution in [0, 0.1) is 6.92 Å². The van der Waals surface area contributed by atoms with Gasteiger partial charge >= 0.3 is 0 Å². The van der Waals surface area contributed by atoms with E-state index in [1.807, 2.05) is 13.0 Å². The molecule has 70 valence electrons. The van der Waals surface area contributed by atoms with Gasteiger partial charge in [0.2, 0.25) is 0 Å². The van der Waals surface area contributed by atoms with E-state index in [-0.39, 0.29) is 0 Å². The molecule has 0 aromatic carbocycles. The zero-order valence-corrected chi connectivity index (χ0v) is 8.17. The maximum Gasteiger partial charge on any atom is 0.129 e. The minimum absolute atomic E-state index is 0.785. The van der Waals surface area contributed by atoms with Gasteiger partial charge in [0.15, 0.2) is 0 Å². The smallest absolute Gasteiger partial charge is 0.129 e. The van der Waals surface area contributed by atoms with Crippen LogP contribution in [-0.4, -0.2) is 16.5 Å². The largest absolute Gasteiger partial charge is 0.366 e. The second kappa shape index (κ2) is 4.60. The molecule has 1 heterocycles. The summed E-state index contributed by atoms with van der Waals surface area (Å²) in [6.07, 6.45) is 2.56. The first-order valence-electron chi connectivity index (χ1n) is 4.41. The molecule has 0 saturated heterocycles. The van der Waals surface area contributed by atoms with Gasteiger partial charge in [-0.15, -0.1) is 0 Å². The Labute approximate surface area is 78.9 Å². The topological polar surface area (TPSA) is 37.8 Å². The molecule has 0 aliphatic carbocycles. The Bertz CT molecular complexity index is 294. The fraction of sp³-hybridized carbons (Fsp3) is 0.400. The Kier molecular flexibility index (Phi) is 3.43. The van der Waals surface area contributed by atoms with E-state index in [0.29, 0.717) is 0 Å². The van der Waals surface area contributed by atoms with Crippen molar-refractivity contribution in [2.75, 3.05) is 11.9 Å². The maximum absolute atomic E-state index is 4.08. The first-order chi connectivity index (χ1) is 6.22. The van der Waals surface area contributed by atoms with Crippen LogP contribution in [0.4, 0.5) is 5.82 Å². The van der Waals surface area contributed by atoms with Crippen LogP contribution < -0.4 is 5.32 Å². The van der Waals surface area contributed by atoms with Crippen molar-refractivity contribution in [2.45, 2.75) is 20.3 Å². The van der Waals surface area contributed by atoms with Crippen molar-refractivity contribution in [2.24, 2.45) is 0 Å². The lowest BCUT2D eigenvalue weighted by Gasteiger charge is -2.05. The van der Waals surface area contributed by atoms with E-state index >= 15 is 0 Å². The number of hydrogen-bond donors (Lipinski definition) is 1. The molecule has 1 aromatic rings. The van der Waals surface area contributed by atoms with Crippen LogP contribution in [0.3, 0.4) is 0 Å². The standard InChI is InChI=1S/C10H15N3/c1-4-8(2)6-11-10-5-9(3)12-7-13-10/h5,7H,2,4,6H2,1,3H3,(H,11,12,13). The molecule has 0 saturated carbocycles. The zero-order valence-electron chi connectivity index (χ0n) is 8.17. The van der Waals surface area contributed by atoms with E-state index in [1.165, 1.54) is 5.57 Å². The molecule has 1 rings (SSSR count). The van der Waals surface area contributed by atoms with E-state index in [0.717, 1.165) is 24.5 Å². The second-order valence-corrected chi connectivity index (χ2v) is 3.00. The fourth-order valence-corrected chi connectivity index (χ4v) is 0.892. The predicted molar refractivity (Wildman–Crippen MR) is 54.7 cm³/mol. The van der Waals surface area contributed by atoms with Gasteiger partial charge in [-0.2, -0.15) is 0 Å². The summed E-state index contributed by atoms with van der Waals surface area (Å²) < 4.78 is 0. The fourth-order valence-electron chi connectivity index (χ4n) is 0.892. The Hall–Kier alpha value is -1.38. The minimum atomic E-state index is 0.785. The van der Waals surface area contributed by atoms with Crippen molar-refractivity contribution in [1.82, 2.24) is 9.97 Å². The molecule has 3 heteroatoms. The molecule has 0 amide bonds. The highest BCUT2D eigenvalue weighted by Gasteiger charge is 1.94. The van der Waals surface area contributed by atoms with Crippen LogP contribution >= 0.6 is 0 Å². The Balaban J connectivity index is 2.50. The lowest BCUT2D eigenvalue weighted by atomic mass is 10.2. The molecule has 1 aromatic heterocycles. The molecule has 0 atom stereocenters. The van der Waals surface area contributed by atoms with Crippen molar-refractivity contribution in [1.29, 1.82) is 0 Å². The highest BCUT2D eigenvalue weighted by atomic mass is 15.0. The van der Waals surface area contributed by atoms with Crippen molar-refractivity contribution in [3.05, 3.63) is 30.2 Å². The summed E-state index contributed by atoms with van der Waals surface area (Å²) in [7, 11) is 0. The molecule has 0 fully saturated rings. The Morgan fingerprint density at radius 1 is 1.54 bits per heavy atom. The maximum atomic E-state index is 4.08. The summed E-state index contributed by atoms with van der Waals surface area (Å²) in [5.74, 6) is 0.863. The number of hydrogen-bond acceptors (Lipinski definition) is 3. The molecule has 0 radical (unpaired) electrons. The normalized spacial score (nSPS) is 9.69. The van der Waals surface area contributed by atoms with Gasteiger partial charge in [-0.1, -0.05) is 19.1 Å². The molecule has 1 N–H and O–H groups in total. The van der Waals surface area contributed by atoms with Gasteiger partial charge in [0.1, 0.15) is 12.1 Å². The van der Waals surface area contributed by atoms with E-state index in [9.17, 15) is 0 Å². The average Bonchev–Trinajstić information content (AvgIpc) is 2.14. The summed E-state index contributed by atoms with van der Waals surface area (Å²) in [5, 5.41) is 3.19. The van der Waals surface area contributed by atoms with Crippen molar-refractivity contribution < 1.29 is 0 Å². The summed E-state index contributed by atoms with van der Waals surface area (Å²) in [6.45, 7) is 8.73. The monoisotopic (exact) mass is 177 g/mol. The number of aromatic nitrogens is 2. The van der Waals surface area contributed by atoms with Gasteiger partial charge in [-0.3, -0.25) is 0 Å². The summed E-state index contributed by atoms with van der Waals surface area (Å²) in [6, 6.07) is 1.92. The SMILES string of the molecule is C=C(CC)CNc1cc(C)ncn1. The van der Waals surface area contributed by atoms with Crippen molar-refractivity contribution in [3.8, 4) is 0 Å². The first-order valence-corrected chi connectivity index (χ1v) is 4.41. The third-order valence-electron chi connectivity index (χ3n) is 1.82. The summed E-state index contributed by atoms with van der Waals surface area (Å²) in [4.78, 5) is 8.10. The quantitative estimate of drug-likeness (QED) is 0.716. The summed E-state index contributed by atoms with van der Waals surface area (Å²) >= 11 is 0. The van der Waals surface area contributed by atoms with Crippen LogP contribution in [0.2, 0.25) is 0 Å². The molecule has 0 aliphatic rings. The van der Waals surface area contributed by atoms with Crippen LogP contribution in [0.25, 0.3) is 0 Å². The second-order valence-electron chi connectivity index (χ2n) is 3.00. The van der Waals surface area contributed by atoms with Crippen LogP contribution in [-0.2, 0) is 0 Å².